The number of esters is 2. The van der Waals surface area contributed by atoms with E-state index in [0.717, 1.165) is 20.8 Å². The molecule has 0 aliphatic carbocycles. The van der Waals surface area contributed by atoms with Gasteiger partial charge in [0.25, 0.3) is 5.56 Å². The van der Waals surface area contributed by atoms with Gasteiger partial charge < -0.3 is 23.7 Å². The standard InChI is InChI=1S/C39H34Br2N2O8S/c1-5-48-31-17-24(14-15-30(31)50-21-33(44)47-4)35-34(38(46)49-6-2)22(3)42-39-43(35)37(45)32(52-39)18-26-16-27(40)19-29(41)36(26)51-20-25-12-9-11-23-10-7-8-13-28(23)25/h7-19,35H,5-6,20-21H2,1-4H3/b32-18+/t35-/m0/s1. The summed E-state index contributed by atoms with van der Waals surface area (Å²) in [5.41, 5.74) is 2.52. The number of aromatic nitrogens is 1. The van der Waals surface area contributed by atoms with Crippen LogP contribution in [-0.4, -0.2) is 43.4 Å². The number of fused-ring (bicyclic) bond motifs is 2. The lowest BCUT2D eigenvalue weighted by Gasteiger charge is -2.25. The quantitative estimate of drug-likeness (QED) is 0.123. The highest BCUT2D eigenvalue weighted by atomic mass is 79.9. The van der Waals surface area contributed by atoms with Crippen molar-refractivity contribution in [1.82, 2.24) is 4.57 Å². The smallest absolute Gasteiger partial charge is 0.343 e. The van der Waals surface area contributed by atoms with Crippen LogP contribution >= 0.6 is 43.2 Å². The van der Waals surface area contributed by atoms with Crippen LogP contribution in [0, 0.1) is 0 Å². The fourth-order valence-electron chi connectivity index (χ4n) is 5.93. The maximum Gasteiger partial charge on any atom is 0.343 e. The Balaban J connectivity index is 1.46. The molecule has 0 saturated heterocycles. The first-order valence-corrected chi connectivity index (χ1v) is 18.8. The monoisotopic (exact) mass is 848 g/mol. The number of benzene rings is 4. The van der Waals surface area contributed by atoms with Crippen molar-refractivity contribution in [2.45, 2.75) is 33.4 Å². The lowest BCUT2D eigenvalue weighted by molar-refractivity contribution is -0.143. The van der Waals surface area contributed by atoms with E-state index in [4.69, 9.17) is 28.7 Å². The Morgan fingerprint density at radius 2 is 1.73 bits per heavy atom. The Morgan fingerprint density at radius 3 is 2.50 bits per heavy atom. The maximum atomic E-state index is 14.5. The van der Waals surface area contributed by atoms with E-state index in [2.05, 4.69) is 50.1 Å². The van der Waals surface area contributed by atoms with Crippen LogP contribution in [0.2, 0.25) is 0 Å². The minimum absolute atomic E-state index is 0.135. The molecule has 0 amide bonds. The number of rotatable bonds is 12. The molecule has 0 radical (unpaired) electrons. The number of ether oxygens (including phenoxy) is 5. The van der Waals surface area contributed by atoms with Crippen LogP contribution in [0.3, 0.4) is 0 Å². The number of hydrogen-bond acceptors (Lipinski definition) is 10. The Morgan fingerprint density at radius 1 is 0.942 bits per heavy atom. The topological polar surface area (TPSA) is 115 Å². The second-order valence-corrected chi connectivity index (χ2v) is 14.3. The summed E-state index contributed by atoms with van der Waals surface area (Å²) >= 11 is 8.46. The van der Waals surface area contributed by atoms with Gasteiger partial charge in [0.1, 0.15) is 12.4 Å². The number of carbonyl (C=O) groups excluding carboxylic acids is 2. The van der Waals surface area contributed by atoms with Crippen LogP contribution in [0.4, 0.5) is 0 Å². The molecule has 0 saturated carbocycles. The van der Waals surface area contributed by atoms with Gasteiger partial charge >= 0.3 is 11.9 Å². The highest BCUT2D eigenvalue weighted by Gasteiger charge is 2.34. The van der Waals surface area contributed by atoms with Crippen molar-refractivity contribution in [2.75, 3.05) is 26.9 Å². The van der Waals surface area contributed by atoms with Crippen LogP contribution in [0.1, 0.15) is 43.5 Å². The number of halogens is 2. The van der Waals surface area contributed by atoms with Crippen LogP contribution in [-0.2, 0) is 25.7 Å². The van der Waals surface area contributed by atoms with Crippen molar-refractivity contribution in [2.24, 2.45) is 4.99 Å². The molecule has 1 atom stereocenters. The second kappa shape index (κ2) is 16.3. The minimum Gasteiger partial charge on any atom is -0.490 e. The van der Waals surface area contributed by atoms with E-state index in [0.29, 0.717) is 61.1 Å². The van der Waals surface area contributed by atoms with Gasteiger partial charge in [-0.2, -0.15) is 0 Å². The maximum absolute atomic E-state index is 14.5. The van der Waals surface area contributed by atoms with Gasteiger partial charge in [-0.05, 0) is 88.9 Å². The predicted molar refractivity (Wildman–Crippen MR) is 206 cm³/mol. The van der Waals surface area contributed by atoms with Gasteiger partial charge in [-0.25, -0.2) is 14.6 Å². The zero-order chi connectivity index (χ0) is 36.9. The Kier molecular flexibility index (Phi) is 11.6. The third-order valence-electron chi connectivity index (χ3n) is 8.25. The first-order chi connectivity index (χ1) is 25.1. The molecule has 0 bridgehead atoms. The Bertz CT molecular complexity index is 2400. The summed E-state index contributed by atoms with van der Waals surface area (Å²) < 4.78 is 31.5. The molecular weight excluding hydrogens is 816 g/mol. The molecule has 5 aromatic rings. The summed E-state index contributed by atoms with van der Waals surface area (Å²) in [7, 11) is 1.27. The first kappa shape index (κ1) is 37.1. The van der Waals surface area contributed by atoms with Gasteiger partial charge in [0.15, 0.2) is 22.9 Å². The summed E-state index contributed by atoms with van der Waals surface area (Å²) in [4.78, 5) is 44.9. The summed E-state index contributed by atoms with van der Waals surface area (Å²) in [6.07, 6.45) is 1.77. The molecule has 268 valence electrons. The fourth-order valence-corrected chi connectivity index (χ4v) is 8.34. The summed E-state index contributed by atoms with van der Waals surface area (Å²) in [5.74, 6) is 0.0493. The molecule has 0 N–H and O–H groups in total. The highest BCUT2D eigenvalue weighted by Crippen LogP contribution is 2.37. The molecule has 2 heterocycles. The molecule has 4 aromatic carbocycles. The molecule has 1 aliphatic rings. The van der Waals surface area contributed by atoms with E-state index in [1.807, 2.05) is 43.3 Å². The third kappa shape index (κ3) is 7.71. The van der Waals surface area contributed by atoms with Crippen molar-refractivity contribution in [3.05, 3.63) is 129 Å². The van der Waals surface area contributed by atoms with Crippen LogP contribution in [0.15, 0.2) is 103 Å². The van der Waals surface area contributed by atoms with Gasteiger partial charge in [0.2, 0.25) is 0 Å². The number of hydrogen-bond donors (Lipinski definition) is 0. The predicted octanol–water partition coefficient (Wildman–Crippen LogP) is 7.01. The van der Waals surface area contributed by atoms with E-state index in [9.17, 15) is 14.4 Å². The molecular formula is C39H34Br2N2O8S. The SMILES string of the molecule is CCOC(=O)C1=C(C)N=c2s/c(=C/c3cc(Br)cc(Br)c3OCc3cccc4ccccc34)c(=O)n2[C@H]1c1ccc(OCC(=O)OC)c(OCC)c1. The van der Waals surface area contributed by atoms with E-state index in [-0.39, 0.29) is 24.3 Å². The van der Waals surface area contributed by atoms with Crippen LogP contribution in [0.25, 0.3) is 16.8 Å². The number of methoxy groups -OCH3 is 1. The van der Waals surface area contributed by atoms with Gasteiger partial charge in [-0.15, -0.1) is 0 Å². The Labute approximate surface area is 320 Å². The van der Waals surface area contributed by atoms with E-state index in [1.165, 1.54) is 23.0 Å². The number of carbonyl (C=O) groups is 2. The average molecular weight is 851 g/mol. The lowest BCUT2D eigenvalue weighted by Crippen LogP contribution is -2.40. The molecule has 0 fully saturated rings. The largest absolute Gasteiger partial charge is 0.490 e. The van der Waals surface area contributed by atoms with Crippen molar-refractivity contribution < 1.29 is 33.3 Å². The van der Waals surface area contributed by atoms with Crippen molar-refractivity contribution in [3.8, 4) is 17.2 Å². The summed E-state index contributed by atoms with van der Waals surface area (Å²) in [5, 5.41) is 2.21. The number of allylic oxidation sites excluding steroid dienone is 1. The van der Waals surface area contributed by atoms with Gasteiger partial charge in [0, 0.05) is 10.0 Å². The zero-order valence-corrected chi connectivity index (χ0v) is 32.7. The molecule has 1 aliphatic heterocycles. The summed E-state index contributed by atoms with van der Waals surface area (Å²) in [6, 6.07) is 22.2. The number of nitrogens with zero attached hydrogens (tertiary/aromatic N) is 2. The molecule has 1 aromatic heterocycles. The van der Waals surface area contributed by atoms with Crippen molar-refractivity contribution in [1.29, 1.82) is 0 Å². The number of thiazole rings is 1. The van der Waals surface area contributed by atoms with E-state index in [1.54, 1.807) is 38.1 Å². The normalized spacial score (nSPS) is 14.1. The minimum atomic E-state index is -0.900. The first-order valence-electron chi connectivity index (χ1n) is 16.4. The molecule has 0 unspecified atom stereocenters. The highest BCUT2D eigenvalue weighted by molar-refractivity contribution is 9.11. The van der Waals surface area contributed by atoms with Crippen molar-refractivity contribution in [3.63, 3.8) is 0 Å². The third-order valence-corrected chi connectivity index (χ3v) is 10.3. The molecule has 13 heteroatoms. The molecule has 52 heavy (non-hydrogen) atoms. The molecule has 0 spiro atoms. The van der Waals surface area contributed by atoms with Gasteiger partial charge in [0.05, 0.1) is 46.6 Å². The van der Waals surface area contributed by atoms with Crippen molar-refractivity contribution >= 4 is 72.0 Å². The summed E-state index contributed by atoms with van der Waals surface area (Å²) in [6.45, 7) is 5.66. The van der Waals surface area contributed by atoms with Gasteiger partial charge in [-0.1, -0.05) is 75.8 Å². The molecule has 10 nitrogen and oxygen atoms in total. The zero-order valence-electron chi connectivity index (χ0n) is 28.7. The van der Waals surface area contributed by atoms with E-state index < -0.39 is 18.0 Å². The van der Waals surface area contributed by atoms with Crippen LogP contribution in [0.5, 0.6) is 17.2 Å². The molecule has 6 rings (SSSR count). The Hall–Kier alpha value is -4.72. The van der Waals surface area contributed by atoms with Gasteiger partial charge in [-0.3, -0.25) is 9.36 Å². The second-order valence-electron chi connectivity index (χ2n) is 11.5. The van der Waals surface area contributed by atoms with E-state index >= 15 is 0 Å². The lowest BCUT2D eigenvalue weighted by atomic mass is 9.95. The fraction of sp³-hybridized carbons (Fsp3) is 0.231. The van der Waals surface area contributed by atoms with Crippen LogP contribution < -0.4 is 29.1 Å². The average Bonchev–Trinajstić information content (AvgIpc) is 3.43.